The molecule has 5 nitrogen and oxygen atoms in total. The Balaban J connectivity index is 4.73. The molecular formula is C6H10O5S2. The van der Waals surface area contributed by atoms with Crippen molar-refractivity contribution in [2.75, 3.05) is 5.75 Å². The Bertz CT molecular complexity index is 387. The van der Waals surface area contributed by atoms with E-state index in [0.717, 1.165) is 6.08 Å². The van der Waals surface area contributed by atoms with Crippen LogP contribution in [0.5, 0.6) is 0 Å². The fourth-order valence-corrected chi connectivity index (χ4v) is 2.69. The standard InChI is InChI=1S/C6H10O5S2/c1-3-5-12(7,8)11-13(9,10)6-4-2/h3-4,6H,1,5H2,2H3. The van der Waals surface area contributed by atoms with Crippen LogP contribution in [0.15, 0.2) is 24.1 Å². The van der Waals surface area contributed by atoms with E-state index in [1.54, 1.807) is 0 Å². The molecule has 0 aliphatic carbocycles. The molecule has 0 aromatic rings. The minimum absolute atomic E-state index is 0.538. The van der Waals surface area contributed by atoms with Gasteiger partial charge in [-0.15, -0.1) is 10.2 Å². The lowest BCUT2D eigenvalue weighted by molar-refractivity contribution is 0.471. The molecule has 76 valence electrons. The zero-order chi connectivity index (χ0) is 10.5. The number of allylic oxidation sites excluding steroid dienone is 1. The maximum Gasteiger partial charge on any atom is 0.304 e. The van der Waals surface area contributed by atoms with Crippen LogP contribution in [0.3, 0.4) is 0 Å². The summed E-state index contributed by atoms with van der Waals surface area (Å²) in [6.45, 7) is 4.58. The predicted molar refractivity (Wildman–Crippen MR) is 48.8 cm³/mol. The molecule has 0 aromatic heterocycles. The van der Waals surface area contributed by atoms with Crippen LogP contribution in [0.4, 0.5) is 0 Å². The monoisotopic (exact) mass is 226 g/mol. The van der Waals surface area contributed by atoms with Crippen molar-refractivity contribution in [3.05, 3.63) is 24.1 Å². The molecule has 0 saturated heterocycles. The second-order valence-electron chi connectivity index (χ2n) is 2.04. The molecule has 0 radical (unpaired) electrons. The first-order valence-corrected chi connectivity index (χ1v) is 6.30. The van der Waals surface area contributed by atoms with E-state index in [4.69, 9.17) is 0 Å². The van der Waals surface area contributed by atoms with Crippen LogP contribution in [0, 0.1) is 0 Å². The van der Waals surface area contributed by atoms with E-state index >= 15 is 0 Å². The summed E-state index contributed by atoms with van der Waals surface area (Å²) in [6.07, 6.45) is 2.21. The zero-order valence-electron chi connectivity index (χ0n) is 7.00. The van der Waals surface area contributed by atoms with Gasteiger partial charge in [-0.1, -0.05) is 12.2 Å². The summed E-state index contributed by atoms with van der Waals surface area (Å²) in [4.78, 5) is 0. The highest BCUT2D eigenvalue weighted by Gasteiger charge is 2.18. The summed E-state index contributed by atoms with van der Waals surface area (Å²) in [5.74, 6) is -0.538. The van der Waals surface area contributed by atoms with E-state index in [0.29, 0.717) is 5.41 Å². The van der Waals surface area contributed by atoms with E-state index in [1.807, 2.05) is 0 Å². The molecule has 0 aliphatic heterocycles. The minimum Gasteiger partial charge on any atom is -0.198 e. The molecule has 0 aliphatic rings. The van der Waals surface area contributed by atoms with Crippen molar-refractivity contribution >= 4 is 20.2 Å². The van der Waals surface area contributed by atoms with Crippen molar-refractivity contribution < 1.29 is 20.5 Å². The molecule has 0 rings (SSSR count). The van der Waals surface area contributed by atoms with Gasteiger partial charge in [0.25, 0.3) is 10.1 Å². The highest BCUT2D eigenvalue weighted by atomic mass is 32.3. The van der Waals surface area contributed by atoms with E-state index in [2.05, 4.69) is 10.2 Å². The number of hydrogen-bond acceptors (Lipinski definition) is 5. The first kappa shape index (κ1) is 12.3. The summed E-state index contributed by atoms with van der Waals surface area (Å²) >= 11 is 0. The van der Waals surface area contributed by atoms with Crippen LogP contribution < -0.4 is 0 Å². The summed E-state index contributed by atoms with van der Waals surface area (Å²) < 4.78 is 47.1. The third-order valence-corrected chi connectivity index (χ3v) is 3.66. The van der Waals surface area contributed by atoms with Crippen LogP contribution in [0.25, 0.3) is 0 Å². The molecule has 0 aromatic carbocycles. The molecule has 0 spiro atoms. The van der Waals surface area contributed by atoms with Crippen LogP contribution >= 0.6 is 0 Å². The van der Waals surface area contributed by atoms with E-state index in [1.165, 1.54) is 13.0 Å². The Hall–Kier alpha value is -0.660. The number of hydrogen-bond donors (Lipinski definition) is 0. The molecule has 0 unspecified atom stereocenters. The van der Waals surface area contributed by atoms with Crippen molar-refractivity contribution in [3.63, 3.8) is 0 Å². The summed E-state index contributed by atoms with van der Waals surface area (Å²) in [5, 5.41) is 0.660. The third-order valence-electron chi connectivity index (χ3n) is 0.823. The summed E-state index contributed by atoms with van der Waals surface area (Å²) in [6, 6.07) is 0. The first-order chi connectivity index (χ1) is 5.83. The van der Waals surface area contributed by atoms with Crippen molar-refractivity contribution in [3.8, 4) is 0 Å². The molecule has 0 saturated carbocycles. The largest absolute Gasteiger partial charge is 0.304 e. The Morgan fingerprint density at radius 2 is 1.85 bits per heavy atom. The van der Waals surface area contributed by atoms with Crippen molar-refractivity contribution in [1.82, 2.24) is 0 Å². The van der Waals surface area contributed by atoms with Gasteiger partial charge in [-0.2, -0.15) is 16.8 Å². The minimum atomic E-state index is -4.13. The molecule has 0 fully saturated rings. The molecule has 0 N–H and O–H groups in total. The van der Waals surface area contributed by atoms with Gasteiger partial charge in [0.1, 0.15) is 0 Å². The maximum atomic E-state index is 10.8. The molecule has 0 heterocycles. The van der Waals surface area contributed by atoms with E-state index in [-0.39, 0.29) is 0 Å². The van der Waals surface area contributed by atoms with Gasteiger partial charge in [-0.3, -0.25) is 0 Å². The highest BCUT2D eigenvalue weighted by Crippen LogP contribution is 2.03. The zero-order valence-corrected chi connectivity index (χ0v) is 8.64. The third kappa shape index (κ3) is 5.56. The van der Waals surface area contributed by atoms with Gasteiger partial charge in [0.05, 0.1) is 11.2 Å². The Morgan fingerprint density at radius 3 is 2.23 bits per heavy atom. The topological polar surface area (TPSA) is 77.5 Å². The quantitative estimate of drug-likeness (QED) is 0.633. The summed E-state index contributed by atoms with van der Waals surface area (Å²) in [7, 11) is -8.20. The smallest absolute Gasteiger partial charge is 0.198 e. The first-order valence-electron chi connectivity index (χ1n) is 3.25. The lowest BCUT2D eigenvalue weighted by Crippen LogP contribution is -2.13. The van der Waals surface area contributed by atoms with Crippen LogP contribution in [-0.4, -0.2) is 22.6 Å². The number of rotatable bonds is 5. The molecule has 7 heteroatoms. The van der Waals surface area contributed by atoms with E-state index < -0.39 is 26.0 Å². The predicted octanol–water partition coefficient (Wildman–Crippen LogP) is 0.382. The van der Waals surface area contributed by atoms with Crippen molar-refractivity contribution in [1.29, 1.82) is 0 Å². The second-order valence-corrected chi connectivity index (χ2v) is 5.29. The maximum absolute atomic E-state index is 10.8. The Labute approximate surface area is 78.0 Å². The van der Waals surface area contributed by atoms with Gasteiger partial charge in [-0.05, 0) is 6.92 Å². The fourth-order valence-electron chi connectivity index (χ4n) is 0.506. The lowest BCUT2D eigenvalue weighted by Gasteiger charge is -1.99. The van der Waals surface area contributed by atoms with Crippen LogP contribution in [0.1, 0.15) is 6.92 Å². The molecule has 0 bridgehead atoms. The normalized spacial score (nSPS) is 13.3. The molecular weight excluding hydrogens is 216 g/mol. The van der Waals surface area contributed by atoms with E-state index in [9.17, 15) is 16.8 Å². The van der Waals surface area contributed by atoms with Gasteiger partial charge >= 0.3 is 10.1 Å². The average molecular weight is 226 g/mol. The Kier molecular flexibility index (Phi) is 4.31. The fraction of sp³-hybridized carbons (Fsp3) is 0.333. The van der Waals surface area contributed by atoms with Gasteiger partial charge in [0.15, 0.2) is 0 Å². The molecule has 13 heavy (non-hydrogen) atoms. The van der Waals surface area contributed by atoms with Gasteiger partial charge in [0, 0.05) is 0 Å². The van der Waals surface area contributed by atoms with Crippen LogP contribution in [-0.2, 0) is 23.9 Å². The van der Waals surface area contributed by atoms with Gasteiger partial charge in [0.2, 0.25) is 0 Å². The lowest BCUT2D eigenvalue weighted by atomic mass is 10.8. The van der Waals surface area contributed by atoms with Gasteiger partial charge < -0.3 is 0 Å². The summed E-state index contributed by atoms with van der Waals surface area (Å²) in [5.41, 5.74) is 0. The van der Waals surface area contributed by atoms with Crippen LogP contribution in [0.2, 0.25) is 0 Å². The second kappa shape index (κ2) is 4.54. The Morgan fingerprint density at radius 1 is 1.31 bits per heavy atom. The molecule has 0 atom stereocenters. The SMILES string of the molecule is C=CCS(=O)(=O)OS(=O)(=O)C=CC. The van der Waals surface area contributed by atoms with Crippen molar-refractivity contribution in [2.24, 2.45) is 0 Å². The van der Waals surface area contributed by atoms with Crippen molar-refractivity contribution in [2.45, 2.75) is 6.92 Å². The highest BCUT2D eigenvalue weighted by molar-refractivity contribution is 8.01. The average Bonchev–Trinajstić information content (AvgIpc) is 1.82. The van der Waals surface area contributed by atoms with Gasteiger partial charge in [-0.25, -0.2) is 0 Å². The molecule has 0 amide bonds.